The Hall–Kier alpha value is -1.90. The Labute approximate surface area is 164 Å². The molecule has 1 amide bonds. The summed E-state index contributed by atoms with van der Waals surface area (Å²) in [5.41, 5.74) is 1.68. The van der Waals surface area contributed by atoms with Crippen LogP contribution in [-0.2, 0) is 22.9 Å². The van der Waals surface area contributed by atoms with Gasteiger partial charge in [-0.2, -0.15) is 0 Å². The van der Waals surface area contributed by atoms with Crippen LogP contribution in [0.5, 0.6) is 5.75 Å². The number of aryl methyl sites for hydroxylation is 1. The van der Waals surface area contributed by atoms with Crippen LogP contribution < -0.4 is 10.1 Å². The fourth-order valence-electron chi connectivity index (χ4n) is 3.16. The second kappa shape index (κ2) is 7.61. The van der Waals surface area contributed by atoms with E-state index in [9.17, 15) is 13.2 Å². The van der Waals surface area contributed by atoms with Crippen molar-refractivity contribution in [3.63, 3.8) is 0 Å². The topological polar surface area (TPSA) is 75.7 Å². The summed E-state index contributed by atoms with van der Waals surface area (Å²) in [4.78, 5) is 14.6. The zero-order valence-electron chi connectivity index (χ0n) is 15.9. The van der Waals surface area contributed by atoms with Gasteiger partial charge in [-0.05, 0) is 55.0 Å². The van der Waals surface area contributed by atoms with E-state index in [-0.39, 0.29) is 16.6 Å². The third-order valence-corrected chi connectivity index (χ3v) is 7.81. The van der Waals surface area contributed by atoms with E-state index in [1.165, 1.54) is 49.0 Å². The Balaban J connectivity index is 1.87. The van der Waals surface area contributed by atoms with Gasteiger partial charge in [0.15, 0.2) is 0 Å². The number of anilines is 1. The smallest absolute Gasteiger partial charge is 0.265 e. The second-order valence-corrected chi connectivity index (χ2v) is 10.3. The highest BCUT2D eigenvalue weighted by Crippen LogP contribution is 2.33. The Morgan fingerprint density at radius 1 is 1.30 bits per heavy atom. The second-order valence-electron chi connectivity index (χ2n) is 7.01. The van der Waals surface area contributed by atoms with E-state index in [1.54, 1.807) is 12.1 Å². The predicted octanol–water partition coefficient (Wildman–Crippen LogP) is 3.38. The van der Waals surface area contributed by atoms with E-state index in [4.69, 9.17) is 4.74 Å². The largest absolute Gasteiger partial charge is 0.495 e. The highest BCUT2D eigenvalue weighted by Gasteiger charge is 2.24. The molecule has 1 aromatic carbocycles. The maximum atomic E-state index is 12.7. The van der Waals surface area contributed by atoms with Crippen LogP contribution in [0, 0.1) is 5.92 Å². The molecule has 0 fully saturated rings. The monoisotopic (exact) mass is 408 g/mol. The van der Waals surface area contributed by atoms with Gasteiger partial charge in [0.25, 0.3) is 5.91 Å². The molecule has 0 spiro atoms. The van der Waals surface area contributed by atoms with Gasteiger partial charge in [0.1, 0.15) is 10.6 Å². The van der Waals surface area contributed by atoms with Crippen molar-refractivity contribution < 1.29 is 17.9 Å². The summed E-state index contributed by atoms with van der Waals surface area (Å²) in [6.07, 6.45) is 3.17. The van der Waals surface area contributed by atoms with E-state index < -0.39 is 10.0 Å². The summed E-state index contributed by atoms with van der Waals surface area (Å²) in [5, 5.41) is 2.81. The fraction of sp³-hybridized carbons (Fsp3) is 0.421. The van der Waals surface area contributed by atoms with Crippen LogP contribution in [0.1, 0.15) is 33.5 Å². The molecule has 1 aliphatic rings. The number of methoxy groups -OCH3 is 1. The number of carbonyl (C=O) groups is 1. The number of fused-ring (bicyclic) bond motifs is 1. The van der Waals surface area contributed by atoms with Crippen molar-refractivity contribution in [1.29, 1.82) is 0 Å². The van der Waals surface area contributed by atoms with Gasteiger partial charge in [0.05, 0.1) is 12.0 Å². The lowest BCUT2D eigenvalue weighted by molar-refractivity contribution is 0.103. The Morgan fingerprint density at radius 2 is 2.04 bits per heavy atom. The van der Waals surface area contributed by atoms with Gasteiger partial charge in [-0.25, -0.2) is 12.7 Å². The van der Waals surface area contributed by atoms with Gasteiger partial charge in [0.2, 0.25) is 10.0 Å². The number of amides is 1. The summed E-state index contributed by atoms with van der Waals surface area (Å²) >= 11 is 1.52. The molecule has 2 aromatic rings. The van der Waals surface area contributed by atoms with Gasteiger partial charge in [-0.15, -0.1) is 11.3 Å². The SMILES string of the molecule is COc1ccc(NC(=O)c2cc3c(s2)CC[C@H](C)C3)cc1S(=O)(=O)N(C)C. The lowest BCUT2D eigenvalue weighted by Gasteiger charge is -2.16. The molecule has 0 aliphatic heterocycles. The average Bonchev–Trinajstić information content (AvgIpc) is 3.04. The number of hydrogen-bond acceptors (Lipinski definition) is 5. The fourth-order valence-corrected chi connectivity index (χ4v) is 5.34. The summed E-state index contributed by atoms with van der Waals surface area (Å²) in [6, 6.07) is 6.59. The number of hydrogen-bond donors (Lipinski definition) is 1. The zero-order chi connectivity index (χ0) is 19.8. The van der Waals surface area contributed by atoms with E-state index >= 15 is 0 Å². The molecule has 0 bridgehead atoms. The van der Waals surface area contributed by atoms with Gasteiger partial charge in [-0.1, -0.05) is 6.92 Å². The Bertz CT molecular complexity index is 964. The van der Waals surface area contributed by atoms with Crippen LogP contribution in [0.4, 0.5) is 5.69 Å². The lowest BCUT2D eigenvalue weighted by Crippen LogP contribution is -2.23. The van der Waals surface area contributed by atoms with Crippen LogP contribution in [0.25, 0.3) is 0 Å². The van der Waals surface area contributed by atoms with Gasteiger partial charge in [-0.3, -0.25) is 4.79 Å². The van der Waals surface area contributed by atoms with Gasteiger partial charge < -0.3 is 10.1 Å². The van der Waals surface area contributed by atoms with Crippen LogP contribution >= 0.6 is 11.3 Å². The molecule has 27 heavy (non-hydrogen) atoms. The van der Waals surface area contributed by atoms with Crippen molar-refractivity contribution in [3.05, 3.63) is 39.6 Å². The summed E-state index contributed by atoms with van der Waals surface area (Å²) in [7, 11) is 0.636. The molecule has 3 rings (SSSR count). The molecule has 8 heteroatoms. The molecular weight excluding hydrogens is 384 g/mol. The van der Waals surface area contributed by atoms with E-state index in [2.05, 4.69) is 12.2 Å². The van der Waals surface area contributed by atoms with Gasteiger partial charge >= 0.3 is 0 Å². The molecule has 1 aromatic heterocycles. The summed E-state index contributed by atoms with van der Waals surface area (Å²) in [6.45, 7) is 2.23. The first-order valence-corrected chi connectivity index (χ1v) is 11.0. The maximum absolute atomic E-state index is 12.7. The first-order valence-electron chi connectivity index (χ1n) is 8.76. The van der Waals surface area contributed by atoms with Crippen molar-refractivity contribution in [2.45, 2.75) is 31.1 Å². The molecule has 1 N–H and O–H groups in total. The van der Waals surface area contributed by atoms with Crippen LogP contribution in [0.15, 0.2) is 29.2 Å². The first-order chi connectivity index (χ1) is 12.7. The average molecular weight is 409 g/mol. The zero-order valence-corrected chi connectivity index (χ0v) is 17.5. The molecule has 0 unspecified atom stereocenters. The van der Waals surface area contributed by atoms with E-state index in [0.29, 0.717) is 16.5 Å². The van der Waals surface area contributed by atoms with Crippen molar-refractivity contribution in [3.8, 4) is 5.75 Å². The number of nitrogens with zero attached hydrogens (tertiary/aromatic N) is 1. The number of thiophene rings is 1. The molecule has 1 atom stereocenters. The Kier molecular flexibility index (Phi) is 5.60. The molecular formula is C19H24N2O4S2. The normalized spacial score (nSPS) is 16.9. The third kappa shape index (κ3) is 4.02. The number of carbonyl (C=O) groups excluding carboxylic acids is 1. The number of rotatable bonds is 5. The van der Waals surface area contributed by atoms with Crippen molar-refractivity contribution in [2.75, 3.05) is 26.5 Å². The first kappa shape index (κ1) is 19.9. The predicted molar refractivity (Wildman–Crippen MR) is 107 cm³/mol. The number of sulfonamides is 1. The van der Waals surface area contributed by atoms with E-state index in [0.717, 1.165) is 23.6 Å². The molecule has 6 nitrogen and oxygen atoms in total. The standard InChI is InChI=1S/C19H24N2O4S2/c1-12-5-8-16-13(9-12)10-17(26-16)19(22)20-14-6-7-15(25-4)18(11-14)27(23,24)21(2)3/h6-7,10-12H,5,8-9H2,1-4H3,(H,20,22)/t12-/m0/s1. The Morgan fingerprint density at radius 3 is 2.70 bits per heavy atom. The third-order valence-electron chi connectivity index (χ3n) is 4.73. The molecule has 0 saturated carbocycles. The van der Waals surface area contributed by atoms with Crippen molar-refractivity contribution in [1.82, 2.24) is 4.31 Å². The van der Waals surface area contributed by atoms with E-state index in [1.807, 2.05) is 6.07 Å². The summed E-state index contributed by atoms with van der Waals surface area (Å²) < 4.78 is 31.3. The highest BCUT2D eigenvalue weighted by atomic mass is 32.2. The highest BCUT2D eigenvalue weighted by molar-refractivity contribution is 7.89. The van der Waals surface area contributed by atoms with Crippen LogP contribution in [0.3, 0.4) is 0 Å². The van der Waals surface area contributed by atoms with Crippen molar-refractivity contribution >= 4 is 33.0 Å². The van der Waals surface area contributed by atoms with Gasteiger partial charge in [0, 0.05) is 24.7 Å². The summed E-state index contributed by atoms with van der Waals surface area (Å²) in [5.74, 6) is 0.658. The van der Waals surface area contributed by atoms with Crippen LogP contribution in [-0.4, -0.2) is 39.8 Å². The quantitative estimate of drug-likeness (QED) is 0.823. The molecule has 1 aliphatic carbocycles. The molecule has 1 heterocycles. The number of ether oxygens (including phenoxy) is 1. The minimum atomic E-state index is -3.69. The van der Waals surface area contributed by atoms with Crippen LogP contribution in [0.2, 0.25) is 0 Å². The number of benzene rings is 1. The minimum Gasteiger partial charge on any atom is -0.495 e. The minimum absolute atomic E-state index is 0.0205. The maximum Gasteiger partial charge on any atom is 0.265 e. The molecule has 0 radical (unpaired) electrons. The number of nitrogens with one attached hydrogen (secondary N) is 1. The molecule has 0 saturated heterocycles. The molecule has 146 valence electrons. The lowest BCUT2D eigenvalue weighted by atomic mass is 9.90. The van der Waals surface area contributed by atoms with Crippen molar-refractivity contribution in [2.24, 2.45) is 5.92 Å².